The zero-order chi connectivity index (χ0) is 9.84. The Morgan fingerprint density at radius 2 is 2.23 bits per heavy atom. The zero-order valence-electron chi connectivity index (χ0n) is 6.58. The molecule has 1 amide bonds. The first-order valence-corrected chi connectivity index (χ1v) is 3.83. The van der Waals surface area contributed by atoms with Gasteiger partial charge in [-0.3, -0.25) is 15.0 Å². The Labute approximate surface area is 79.6 Å². The number of aldehydes is 1. The fourth-order valence-corrected chi connectivity index (χ4v) is 1.15. The van der Waals surface area contributed by atoms with Crippen molar-refractivity contribution in [2.24, 2.45) is 5.84 Å². The Morgan fingerprint density at radius 3 is 2.77 bits per heavy atom. The van der Waals surface area contributed by atoms with Gasteiger partial charge in [-0.1, -0.05) is 23.7 Å². The van der Waals surface area contributed by atoms with Crippen molar-refractivity contribution in [3.05, 3.63) is 34.3 Å². The third-order valence-electron chi connectivity index (χ3n) is 1.53. The van der Waals surface area contributed by atoms with Crippen molar-refractivity contribution < 1.29 is 9.59 Å². The van der Waals surface area contributed by atoms with Crippen LogP contribution in [0.4, 0.5) is 0 Å². The number of amides is 1. The lowest BCUT2D eigenvalue weighted by molar-refractivity contribution is 0.0954. The number of hydrogen-bond acceptors (Lipinski definition) is 3. The highest BCUT2D eigenvalue weighted by Crippen LogP contribution is 2.19. The molecule has 4 nitrogen and oxygen atoms in total. The van der Waals surface area contributed by atoms with Crippen molar-refractivity contribution >= 4 is 23.8 Å². The van der Waals surface area contributed by atoms with Crippen LogP contribution in [0.25, 0.3) is 0 Å². The van der Waals surface area contributed by atoms with E-state index in [0.29, 0.717) is 6.29 Å². The molecule has 0 aromatic heterocycles. The molecule has 0 bridgehead atoms. The van der Waals surface area contributed by atoms with Crippen LogP contribution in [0.1, 0.15) is 20.7 Å². The van der Waals surface area contributed by atoms with E-state index in [1.54, 1.807) is 6.07 Å². The standard InChI is InChI=1S/C8H7ClN2O2/c9-7-5(4-12)2-1-3-6(7)8(13)11-10/h1-4H,10H2,(H,11,13). The van der Waals surface area contributed by atoms with Gasteiger partial charge in [0.05, 0.1) is 10.6 Å². The van der Waals surface area contributed by atoms with Gasteiger partial charge in [-0.15, -0.1) is 0 Å². The number of carbonyl (C=O) groups is 2. The van der Waals surface area contributed by atoms with Gasteiger partial charge in [0.25, 0.3) is 5.91 Å². The Bertz CT molecular complexity index is 352. The number of halogens is 1. The highest BCUT2D eigenvalue weighted by Gasteiger charge is 2.10. The molecule has 1 rings (SSSR count). The monoisotopic (exact) mass is 198 g/mol. The van der Waals surface area contributed by atoms with E-state index >= 15 is 0 Å². The van der Waals surface area contributed by atoms with E-state index in [2.05, 4.69) is 0 Å². The zero-order valence-corrected chi connectivity index (χ0v) is 7.34. The van der Waals surface area contributed by atoms with Crippen molar-refractivity contribution in [3.63, 3.8) is 0 Å². The van der Waals surface area contributed by atoms with Gasteiger partial charge >= 0.3 is 0 Å². The van der Waals surface area contributed by atoms with E-state index < -0.39 is 5.91 Å². The molecule has 0 radical (unpaired) electrons. The fraction of sp³-hybridized carbons (Fsp3) is 0. The molecule has 3 N–H and O–H groups in total. The maximum Gasteiger partial charge on any atom is 0.266 e. The van der Waals surface area contributed by atoms with E-state index in [-0.39, 0.29) is 16.1 Å². The van der Waals surface area contributed by atoms with Gasteiger partial charge in [0, 0.05) is 5.56 Å². The molecule has 0 fully saturated rings. The van der Waals surface area contributed by atoms with Gasteiger partial charge in [0.1, 0.15) is 0 Å². The van der Waals surface area contributed by atoms with Crippen LogP contribution in [0.15, 0.2) is 18.2 Å². The minimum atomic E-state index is -0.520. The molecule has 1 aromatic rings. The second kappa shape index (κ2) is 4.02. The van der Waals surface area contributed by atoms with Crippen molar-refractivity contribution in [1.82, 2.24) is 5.43 Å². The van der Waals surface area contributed by atoms with Crippen LogP contribution in [0.2, 0.25) is 5.02 Å². The highest BCUT2D eigenvalue weighted by atomic mass is 35.5. The molecule has 0 heterocycles. The highest BCUT2D eigenvalue weighted by molar-refractivity contribution is 6.36. The summed E-state index contributed by atoms with van der Waals surface area (Å²) in [5.41, 5.74) is 2.39. The minimum Gasteiger partial charge on any atom is -0.298 e. The summed E-state index contributed by atoms with van der Waals surface area (Å²) in [7, 11) is 0. The topological polar surface area (TPSA) is 72.2 Å². The van der Waals surface area contributed by atoms with Crippen molar-refractivity contribution in [3.8, 4) is 0 Å². The summed E-state index contributed by atoms with van der Waals surface area (Å²) >= 11 is 5.73. The van der Waals surface area contributed by atoms with Crippen molar-refractivity contribution in [2.75, 3.05) is 0 Å². The average Bonchev–Trinajstić information content (AvgIpc) is 2.17. The molecular weight excluding hydrogens is 192 g/mol. The maximum absolute atomic E-state index is 11.1. The third kappa shape index (κ3) is 1.85. The van der Waals surface area contributed by atoms with Crippen LogP contribution in [0.5, 0.6) is 0 Å². The molecule has 0 aliphatic carbocycles. The third-order valence-corrected chi connectivity index (χ3v) is 1.95. The first kappa shape index (κ1) is 9.70. The number of benzene rings is 1. The summed E-state index contributed by atoms with van der Waals surface area (Å²) < 4.78 is 0. The Kier molecular flexibility index (Phi) is 3.00. The molecule has 1 aromatic carbocycles. The molecule has 68 valence electrons. The number of hydrogen-bond donors (Lipinski definition) is 2. The van der Waals surface area contributed by atoms with E-state index in [0.717, 1.165) is 0 Å². The largest absolute Gasteiger partial charge is 0.298 e. The lowest BCUT2D eigenvalue weighted by atomic mass is 10.1. The average molecular weight is 199 g/mol. The van der Waals surface area contributed by atoms with Crippen LogP contribution in [0.3, 0.4) is 0 Å². The van der Waals surface area contributed by atoms with Crippen LogP contribution in [-0.4, -0.2) is 12.2 Å². The lowest BCUT2D eigenvalue weighted by Crippen LogP contribution is -2.30. The molecule has 0 aliphatic rings. The summed E-state index contributed by atoms with van der Waals surface area (Å²) in [4.78, 5) is 21.5. The molecule has 0 spiro atoms. The normalized spacial score (nSPS) is 9.38. The van der Waals surface area contributed by atoms with E-state index in [4.69, 9.17) is 17.4 Å². The quantitative estimate of drug-likeness (QED) is 0.319. The molecule has 0 atom stereocenters. The summed E-state index contributed by atoms with van der Waals surface area (Å²) in [6.45, 7) is 0. The van der Waals surface area contributed by atoms with Crippen molar-refractivity contribution in [2.45, 2.75) is 0 Å². The van der Waals surface area contributed by atoms with Gasteiger partial charge in [0.15, 0.2) is 6.29 Å². The van der Waals surface area contributed by atoms with Gasteiger partial charge in [-0.25, -0.2) is 5.84 Å². The number of hydrazine groups is 1. The summed E-state index contributed by atoms with van der Waals surface area (Å²) in [6.07, 6.45) is 0.579. The van der Waals surface area contributed by atoms with Gasteiger partial charge in [-0.2, -0.15) is 0 Å². The number of nitrogen functional groups attached to an aromatic ring is 1. The second-order valence-corrected chi connectivity index (χ2v) is 2.68. The number of nitrogens with two attached hydrogens (primary N) is 1. The van der Waals surface area contributed by atoms with Gasteiger partial charge in [0.2, 0.25) is 0 Å². The number of rotatable bonds is 2. The van der Waals surface area contributed by atoms with E-state index in [1.807, 2.05) is 5.43 Å². The maximum atomic E-state index is 11.1. The first-order valence-electron chi connectivity index (χ1n) is 3.45. The number of nitrogens with one attached hydrogen (secondary N) is 1. The van der Waals surface area contributed by atoms with Crippen LogP contribution >= 0.6 is 11.6 Å². The van der Waals surface area contributed by atoms with E-state index in [9.17, 15) is 9.59 Å². The van der Waals surface area contributed by atoms with Crippen LogP contribution in [-0.2, 0) is 0 Å². The Hall–Kier alpha value is -1.39. The molecular formula is C8H7ClN2O2. The summed E-state index contributed by atoms with van der Waals surface area (Å²) in [6, 6.07) is 4.56. The summed E-state index contributed by atoms with van der Waals surface area (Å²) in [5.74, 6) is 4.40. The molecule has 13 heavy (non-hydrogen) atoms. The minimum absolute atomic E-state index is 0.112. The van der Waals surface area contributed by atoms with Crippen LogP contribution in [0, 0.1) is 0 Å². The lowest BCUT2D eigenvalue weighted by Gasteiger charge is -2.03. The van der Waals surface area contributed by atoms with Crippen molar-refractivity contribution in [1.29, 1.82) is 0 Å². The molecule has 5 heteroatoms. The Balaban J connectivity index is 3.23. The molecule has 0 aliphatic heterocycles. The summed E-state index contributed by atoms with van der Waals surface area (Å²) in [5, 5.41) is 0.112. The predicted octanol–water partition coefficient (Wildman–Crippen LogP) is 0.756. The molecule has 0 saturated carbocycles. The molecule has 0 unspecified atom stereocenters. The van der Waals surface area contributed by atoms with E-state index in [1.165, 1.54) is 12.1 Å². The van der Waals surface area contributed by atoms with Gasteiger partial charge in [-0.05, 0) is 6.07 Å². The fourth-order valence-electron chi connectivity index (χ4n) is 0.894. The first-order chi connectivity index (χ1) is 6.20. The number of carbonyl (C=O) groups excluding carboxylic acids is 2. The SMILES string of the molecule is NNC(=O)c1cccc(C=O)c1Cl. The Morgan fingerprint density at radius 1 is 1.54 bits per heavy atom. The van der Waals surface area contributed by atoms with Crippen LogP contribution < -0.4 is 11.3 Å². The second-order valence-electron chi connectivity index (χ2n) is 2.30. The smallest absolute Gasteiger partial charge is 0.266 e. The van der Waals surface area contributed by atoms with Gasteiger partial charge < -0.3 is 0 Å². The predicted molar refractivity (Wildman–Crippen MR) is 48.5 cm³/mol. The molecule has 0 saturated heterocycles.